The Kier molecular flexibility index (Phi) is 3.78. The van der Waals surface area contributed by atoms with Gasteiger partial charge in [0.15, 0.2) is 5.82 Å². The summed E-state index contributed by atoms with van der Waals surface area (Å²) in [6.07, 6.45) is 0.371. The predicted octanol–water partition coefficient (Wildman–Crippen LogP) is 3.91. The minimum atomic E-state index is -0.0855. The Labute approximate surface area is 143 Å². The van der Waals surface area contributed by atoms with Crippen LogP contribution in [0.15, 0.2) is 59.1 Å². The third kappa shape index (κ3) is 2.67. The van der Waals surface area contributed by atoms with Crippen LogP contribution in [0.5, 0.6) is 0 Å². The van der Waals surface area contributed by atoms with Crippen LogP contribution in [0, 0.1) is 0 Å². The molecule has 0 bridgehead atoms. The standard InChI is InChI=1S/C18H14ClN3O2/c19-15-9-5-4-8-14(15)18-20-17(21-24-18)12-10-16(23)22(11-12)13-6-2-1-3-7-13/h1-9,12H,10-11H2/t12-/m1/s1. The fourth-order valence-electron chi connectivity index (χ4n) is 2.88. The third-order valence-electron chi connectivity index (χ3n) is 4.10. The van der Waals surface area contributed by atoms with E-state index in [0.29, 0.717) is 35.3 Å². The number of hydrogen-bond donors (Lipinski definition) is 0. The first kappa shape index (κ1) is 14.9. The molecule has 4 rings (SSSR count). The number of anilines is 1. The first-order chi connectivity index (χ1) is 11.7. The van der Waals surface area contributed by atoms with Gasteiger partial charge < -0.3 is 9.42 Å². The van der Waals surface area contributed by atoms with Crippen LogP contribution in [0.4, 0.5) is 5.69 Å². The van der Waals surface area contributed by atoms with Gasteiger partial charge in [0, 0.05) is 24.6 Å². The highest BCUT2D eigenvalue weighted by molar-refractivity contribution is 6.33. The van der Waals surface area contributed by atoms with Gasteiger partial charge in [0.05, 0.1) is 10.6 Å². The summed E-state index contributed by atoms with van der Waals surface area (Å²) in [4.78, 5) is 18.5. The fourth-order valence-corrected chi connectivity index (χ4v) is 3.10. The van der Waals surface area contributed by atoms with Gasteiger partial charge in [-0.3, -0.25) is 4.79 Å². The molecule has 0 aliphatic carbocycles. The van der Waals surface area contributed by atoms with Crippen LogP contribution in [0.3, 0.4) is 0 Å². The van der Waals surface area contributed by atoms with E-state index in [0.717, 1.165) is 5.69 Å². The van der Waals surface area contributed by atoms with Crippen LogP contribution < -0.4 is 4.90 Å². The molecule has 1 aliphatic heterocycles. The van der Waals surface area contributed by atoms with E-state index in [2.05, 4.69) is 10.1 Å². The summed E-state index contributed by atoms with van der Waals surface area (Å²) in [6, 6.07) is 16.9. The van der Waals surface area contributed by atoms with E-state index in [-0.39, 0.29) is 11.8 Å². The van der Waals surface area contributed by atoms with Gasteiger partial charge in [-0.1, -0.05) is 47.1 Å². The Morgan fingerprint density at radius 1 is 1.08 bits per heavy atom. The van der Waals surface area contributed by atoms with Crippen molar-refractivity contribution in [2.45, 2.75) is 12.3 Å². The first-order valence-corrected chi connectivity index (χ1v) is 8.04. The number of aromatic nitrogens is 2. The number of amides is 1. The minimum Gasteiger partial charge on any atom is -0.334 e. The molecule has 0 radical (unpaired) electrons. The van der Waals surface area contributed by atoms with Gasteiger partial charge in [-0.25, -0.2) is 0 Å². The van der Waals surface area contributed by atoms with Crippen molar-refractivity contribution >= 4 is 23.2 Å². The largest absolute Gasteiger partial charge is 0.334 e. The van der Waals surface area contributed by atoms with Crippen molar-refractivity contribution in [3.63, 3.8) is 0 Å². The fraction of sp³-hybridized carbons (Fsp3) is 0.167. The highest BCUT2D eigenvalue weighted by Crippen LogP contribution is 2.32. The van der Waals surface area contributed by atoms with Gasteiger partial charge in [-0.05, 0) is 24.3 Å². The molecule has 1 aromatic heterocycles. The Balaban J connectivity index is 1.58. The van der Waals surface area contributed by atoms with Crippen molar-refractivity contribution in [2.75, 3.05) is 11.4 Å². The second kappa shape index (κ2) is 6.09. The molecule has 2 heterocycles. The zero-order chi connectivity index (χ0) is 16.5. The van der Waals surface area contributed by atoms with Crippen molar-refractivity contribution in [1.82, 2.24) is 10.1 Å². The van der Waals surface area contributed by atoms with Crippen LogP contribution in [0.1, 0.15) is 18.2 Å². The molecule has 3 aromatic rings. The van der Waals surface area contributed by atoms with Crippen molar-refractivity contribution in [3.05, 3.63) is 65.4 Å². The molecule has 120 valence electrons. The number of carbonyl (C=O) groups excluding carboxylic acids is 1. The summed E-state index contributed by atoms with van der Waals surface area (Å²) < 4.78 is 5.34. The van der Waals surface area contributed by atoms with Crippen LogP contribution in [-0.2, 0) is 4.79 Å². The van der Waals surface area contributed by atoms with Crippen molar-refractivity contribution in [3.8, 4) is 11.5 Å². The van der Waals surface area contributed by atoms with E-state index in [9.17, 15) is 4.79 Å². The molecule has 2 aromatic carbocycles. The number of carbonyl (C=O) groups is 1. The second-order valence-electron chi connectivity index (χ2n) is 5.68. The number of para-hydroxylation sites is 1. The van der Waals surface area contributed by atoms with Crippen molar-refractivity contribution in [1.29, 1.82) is 0 Å². The summed E-state index contributed by atoms with van der Waals surface area (Å²) in [5, 5.41) is 4.61. The van der Waals surface area contributed by atoms with Crippen LogP contribution >= 0.6 is 11.6 Å². The molecule has 1 atom stereocenters. The molecular weight excluding hydrogens is 326 g/mol. The molecule has 1 amide bonds. The van der Waals surface area contributed by atoms with Gasteiger partial charge in [0.2, 0.25) is 5.91 Å². The van der Waals surface area contributed by atoms with Gasteiger partial charge >= 0.3 is 0 Å². The summed E-state index contributed by atoms with van der Waals surface area (Å²) in [6.45, 7) is 0.546. The van der Waals surface area contributed by atoms with E-state index >= 15 is 0 Å². The Hall–Kier alpha value is -2.66. The summed E-state index contributed by atoms with van der Waals surface area (Å²) >= 11 is 6.16. The lowest BCUT2D eigenvalue weighted by molar-refractivity contribution is -0.117. The summed E-state index contributed by atoms with van der Waals surface area (Å²) in [5.41, 5.74) is 1.59. The Bertz CT molecular complexity index is 879. The van der Waals surface area contributed by atoms with Crippen LogP contribution in [0.2, 0.25) is 5.02 Å². The van der Waals surface area contributed by atoms with E-state index in [1.807, 2.05) is 48.5 Å². The van der Waals surface area contributed by atoms with Crippen molar-refractivity contribution < 1.29 is 9.32 Å². The lowest BCUT2D eigenvalue weighted by Crippen LogP contribution is -2.24. The molecule has 1 saturated heterocycles. The van der Waals surface area contributed by atoms with Crippen LogP contribution in [-0.4, -0.2) is 22.6 Å². The third-order valence-corrected chi connectivity index (χ3v) is 4.43. The molecule has 1 fully saturated rings. The lowest BCUT2D eigenvalue weighted by atomic mass is 10.1. The summed E-state index contributed by atoms with van der Waals surface area (Å²) in [5.74, 6) is 0.894. The van der Waals surface area contributed by atoms with Crippen molar-refractivity contribution in [2.24, 2.45) is 0 Å². The summed E-state index contributed by atoms with van der Waals surface area (Å²) in [7, 11) is 0. The van der Waals surface area contributed by atoms with Gasteiger partial charge in [0.25, 0.3) is 5.89 Å². The minimum absolute atomic E-state index is 0.0651. The molecule has 6 heteroatoms. The molecule has 5 nitrogen and oxygen atoms in total. The molecule has 0 N–H and O–H groups in total. The maximum absolute atomic E-state index is 12.3. The van der Waals surface area contributed by atoms with E-state index in [1.165, 1.54) is 0 Å². The zero-order valence-corrected chi connectivity index (χ0v) is 13.5. The molecule has 0 unspecified atom stereocenters. The molecule has 1 aliphatic rings. The predicted molar refractivity (Wildman–Crippen MR) is 90.9 cm³/mol. The Morgan fingerprint density at radius 3 is 2.62 bits per heavy atom. The van der Waals surface area contributed by atoms with Gasteiger partial charge in [0.1, 0.15) is 0 Å². The zero-order valence-electron chi connectivity index (χ0n) is 12.7. The highest BCUT2D eigenvalue weighted by Gasteiger charge is 2.34. The smallest absolute Gasteiger partial charge is 0.259 e. The molecule has 24 heavy (non-hydrogen) atoms. The highest BCUT2D eigenvalue weighted by atomic mass is 35.5. The number of hydrogen-bond acceptors (Lipinski definition) is 4. The van der Waals surface area contributed by atoms with E-state index in [4.69, 9.17) is 16.1 Å². The average Bonchev–Trinajstić information content (AvgIpc) is 3.23. The normalized spacial score (nSPS) is 17.5. The van der Waals surface area contributed by atoms with E-state index < -0.39 is 0 Å². The maximum atomic E-state index is 12.3. The Morgan fingerprint density at radius 2 is 1.83 bits per heavy atom. The number of halogens is 1. The molecule has 0 saturated carbocycles. The maximum Gasteiger partial charge on any atom is 0.259 e. The van der Waals surface area contributed by atoms with Gasteiger partial charge in [-0.2, -0.15) is 4.98 Å². The SMILES string of the molecule is O=C1C[C@@H](c2noc(-c3ccccc3Cl)n2)CN1c1ccccc1. The van der Waals surface area contributed by atoms with Crippen LogP contribution in [0.25, 0.3) is 11.5 Å². The topological polar surface area (TPSA) is 59.2 Å². The lowest BCUT2D eigenvalue weighted by Gasteiger charge is -2.15. The van der Waals surface area contributed by atoms with Gasteiger partial charge in [-0.15, -0.1) is 0 Å². The second-order valence-corrected chi connectivity index (χ2v) is 6.09. The monoisotopic (exact) mass is 339 g/mol. The molecule has 0 spiro atoms. The first-order valence-electron chi connectivity index (χ1n) is 7.66. The number of benzene rings is 2. The van der Waals surface area contributed by atoms with E-state index in [1.54, 1.807) is 11.0 Å². The number of nitrogens with zero attached hydrogens (tertiary/aromatic N) is 3. The quantitative estimate of drug-likeness (QED) is 0.726. The molecular formula is C18H14ClN3O2. The average molecular weight is 340 g/mol. The number of rotatable bonds is 3.